The Hall–Kier alpha value is -2.93. The number of benzene rings is 2. The largest absolute Gasteiger partial charge is 0.467 e. The van der Waals surface area contributed by atoms with E-state index in [0.717, 1.165) is 23.3 Å². The van der Waals surface area contributed by atoms with Gasteiger partial charge in [-0.15, -0.1) is 0 Å². The highest BCUT2D eigenvalue weighted by Gasteiger charge is 2.35. The summed E-state index contributed by atoms with van der Waals surface area (Å²) in [5, 5.41) is 0.165. The summed E-state index contributed by atoms with van der Waals surface area (Å²) in [5.41, 5.74) is 1.47. The Morgan fingerprint density at radius 3 is 2.61 bits per heavy atom. The molecule has 0 fully saturated rings. The van der Waals surface area contributed by atoms with Crippen molar-refractivity contribution in [3.8, 4) is 0 Å². The fourth-order valence-corrected chi connectivity index (χ4v) is 3.25. The van der Waals surface area contributed by atoms with Gasteiger partial charge in [-0.25, -0.2) is 14.0 Å². The molecule has 8 heteroatoms. The van der Waals surface area contributed by atoms with E-state index in [1.165, 1.54) is 18.1 Å². The summed E-state index contributed by atoms with van der Waals surface area (Å²) in [6, 6.07) is 10.1. The van der Waals surface area contributed by atoms with Gasteiger partial charge in [0.1, 0.15) is 11.9 Å². The molecule has 0 saturated carbocycles. The molecule has 0 bridgehead atoms. The maximum absolute atomic E-state index is 13.8. The Morgan fingerprint density at radius 1 is 1.18 bits per heavy atom. The van der Waals surface area contributed by atoms with Crippen LogP contribution < -0.4 is 0 Å². The number of nitrogens with zero attached hydrogens (tertiary/aromatic N) is 1. The van der Waals surface area contributed by atoms with E-state index in [-0.39, 0.29) is 17.1 Å². The van der Waals surface area contributed by atoms with Crippen LogP contribution in [0.2, 0.25) is 5.02 Å². The van der Waals surface area contributed by atoms with Gasteiger partial charge in [-0.3, -0.25) is 4.79 Å². The summed E-state index contributed by atoms with van der Waals surface area (Å²) in [6.07, 6.45) is 0.297. The van der Waals surface area contributed by atoms with E-state index >= 15 is 0 Å². The molecule has 3 rings (SSSR count). The van der Waals surface area contributed by atoms with Crippen LogP contribution in [-0.2, 0) is 32.0 Å². The van der Waals surface area contributed by atoms with Gasteiger partial charge < -0.3 is 14.4 Å². The van der Waals surface area contributed by atoms with Gasteiger partial charge in [0, 0.05) is 18.0 Å². The topological polar surface area (TPSA) is 72.9 Å². The molecule has 0 aliphatic carbocycles. The molecule has 0 aromatic heterocycles. The molecule has 2 aromatic rings. The Labute approximate surface area is 165 Å². The summed E-state index contributed by atoms with van der Waals surface area (Å²) in [5.74, 6) is -2.96. The van der Waals surface area contributed by atoms with E-state index in [0.29, 0.717) is 6.42 Å². The zero-order chi connectivity index (χ0) is 20.3. The van der Waals surface area contributed by atoms with Crippen molar-refractivity contribution in [3.05, 3.63) is 70.0 Å². The van der Waals surface area contributed by atoms with Crippen LogP contribution in [0.1, 0.15) is 21.5 Å². The minimum absolute atomic E-state index is 0.165. The van der Waals surface area contributed by atoms with Crippen molar-refractivity contribution in [2.75, 3.05) is 13.7 Å². The third-order valence-electron chi connectivity index (χ3n) is 4.52. The van der Waals surface area contributed by atoms with Crippen molar-refractivity contribution < 1.29 is 28.2 Å². The first-order valence-corrected chi connectivity index (χ1v) is 8.84. The van der Waals surface area contributed by atoms with Gasteiger partial charge >= 0.3 is 11.9 Å². The molecule has 1 aliphatic rings. The number of hydrogen-bond donors (Lipinski definition) is 0. The number of carbonyl (C=O) groups excluding carboxylic acids is 3. The molecule has 0 unspecified atom stereocenters. The minimum atomic E-state index is -1.01. The lowest BCUT2D eigenvalue weighted by Crippen LogP contribution is -2.50. The summed E-state index contributed by atoms with van der Waals surface area (Å²) in [4.78, 5) is 38.2. The lowest BCUT2D eigenvalue weighted by Gasteiger charge is -2.35. The van der Waals surface area contributed by atoms with Crippen molar-refractivity contribution in [2.45, 2.75) is 19.0 Å². The second-order valence-corrected chi connectivity index (χ2v) is 6.67. The minimum Gasteiger partial charge on any atom is -0.467 e. The number of hydrogen-bond acceptors (Lipinski definition) is 5. The van der Waals surface area contributed by atoms with E-state index in [9.17, 15) is 18.8 Å². The zero-order valence-electron chi connectivity index (χ0n) is 15.0. The Balaban J connectivity index is 1.73. The lowest BCUT2D eigenvalue weighted by molar-refractivity contribution is -0.155. The molecule has 0 radical (unpaired) electrons. The number of fused-ring (bicyclic) bond motifs is 1. The van der Waals surface area contributed by atoms with Crippen LogP contribution in [0.25, 0.3) is 0 Å². The second kappa shape index (κ2) is 8.39. The molecular weight excluding hydrogens is 389 g/mol. The van der Waals surface area contributed by atoms with Crippen molar-refractivity contribution in [1.82, 2.24) is 4.90 Å². The first-order valence-electron chi connectivity index (χ1n) is 8.47. The van der Waals surface area contributed by atoms with Gasteiger partial charge in [-0.05, 0) is 29.3 Å². The van der Waals surface area contributed by atoms with Crippen LogP contribution >= 0.6 is 11.6 Å². The SMILES string of the molecule is COC(=O)[C@@H]1Cc2ccccc2CN1C(=O)COC(=O)c1cc(Cl)ccc1F. The molecule has 2 aromatic carbocycles. The van der Waals surface area contributed by atoms with E-state index in [1.54, 1.807) is 0 Å². The van der Waals surface area contributed by atoms with Gasteiger partial charge in [0.2, 0.25) is 0 Å². The lowest BCUT2D eigenvalue weighted by atomic mass is 9.94. The number of ether oxygens (including phenoxy) is 2. The van der Waals surface area contributed by atoms with Crippen LogP contribution in [0.4, 0.5) is 4.39 Å². The van der Waals surface area contributed by atoms with Crippen LogP contribution in [0.3, 0.4) is 0 Å². The second-order valence-electron chi connectivity index (χ2n) is 6.23. The fraction of sp³-hybridized carbons (Fsp3) is 0.250. The third kappa shape index (κ3) is 4.14. The average molecular weight is 406 g/mol. The summed E-state index contributed by atoms with van der Waals surface area (Å²) < 4.78 is 23.5. The number of esters is 2. The molecule has 1 heterocycles. The van der Waals surface area contributed by atoms with Crippen LogP contribution in [0.5, 0.6) is 0 Å². The quantitative estimate of drug-likeness (QED) is 0.731. The Kier molecular flexibility index (Phi) is 5.94. The molecule has 146 valence electrons. The summed E-state index contributed by atoms with van der Waals surface area (Å²) in [6.45, 7) is -0.460. The maximum atomic E-state index is 13.8. The number of methoxy groups -OCH3 is 1. The van der Waals surface area contributed by atoms with E-state index in [4.69, 9.17) is 21.1 Å². The zero-order valence-corrected chi connectivity index (χ0v) is 15.7. The van der Waals surface area contributed by atoms with Crippen molar-refractivity contribution in [1.29, 1.82) is 0 Å². The number of carbonyl (C=O) groups is 3. The summed E-state index contributed by atoms with van der Waals surface area (Å²) in [7, 11) is 1.24. The third-order valence-corrected chi connectivity index (χ3v) is 4.75. The predicted molar refractivity (Wildman–Crippen MR) is 98.2 cm³/mol. The number of amides is 1. The van der Waals surface area contributed by atoms with Gasteiger partial charge in [0.15, 0.2) is 6.61 Å². The molecule has 0 spiro atoms. The molecule has 1 amide bonds. The molecule has 28 heavy (non-hydrogen) atoms. The van der Waals surface area contributed by atoms with Gasteiger partial charge in [-0.2, -0.15) is 0 Å². The number of halogens is 2. The van der Waals surface area contributed by atoms with Crippen molar-refractivity contribution in [2.24, 2.45) is 0 Å². The van der Waals surface area contributed by atoms with Gasteiger partial charge in [0.25, 0.3) is 5.91 Å². The monoisotopic (exact) mass is 405 g/mol. The highest BCUT2D eigenvalue weighted by atomic mass is 35.5. The van der Waals surface area contributed by atoms with Crippen LogP contribution in [0.15, 0.2) is 42.5 Å². The van der Waals surface area contributed by atoms with Crippen LogP contribution in [-0.4, -0.2) is 42.5 Å². The molecular formula is C20H17ClFNO5. The summed E-state index contributed by atoms with van der Waals surface area (Å²) >= 11 is 5.76. The highest BCUT2D eigenvalue weighted by Crippen LogP contribution is 2.24. The molecule has 6 nitrogen and oxygen atoms in total. The van der Waals surface area contributed by atoms with E-state index < -0.39 is 36.3 Å². The van der Waals surface area contributed by atoms with E-state index in [2.05, 4.69) is 0 Å². The maximum Gasteiger partial charge on any atom is 0.341 e. The fourth-order valence-electron chi connectivity index (χ4n) is 3.07. The average Bonchev–Trinajstić information content (AvgIpc) is 2.71. The smallest absolute Gasteiger partial charge is 0.341 e. The Bertz CT molecular complexity index is 933. The highest BCUT2D eigenvalue weighted by molar-refractivity contribution is 6.30. The molecule has 0 N–H and O–H groups in total. The van der Waals surface area contributed by atoms with Gasteiger partial charge in [-0.1, -0.05) is 35.9 Å². The van der Waals surface area contributed by atoms with Crippen molar-refractivity contribution in [3.63, 3.8) is 0 Å². The first-order chi connectivity index (χ1) is 13.4. The van der Waals surface area contributed by atoms with Crippen molar-refractivity contribution >= 4 is 29.4 Å². The van der Waals surface area contributed by atoms with Crippen LogP contribution in [0, 0.1) is 5.82 Å². The normalized spacial score (nSPS) is 15.5. The van der Waals surface area contributed by atoms with Gasteiger partial charge in [0.05, 0.1) is 12.7 Å². The first kappa shape index (κ1) is 19.8. The van der Waals surface area contributed by atoms with E-state index in [1.807, 2.05) is 24.3 Å². The Morgan fingerprint density at radius 2 is 1.89 bits per heavy atom. The molecule has 1 atom stereocenters. The predicted octanol–water partition coefficient (Wildman–Crippen LogP) is 2.76. The standard InChI is InChI=1S/C20H17ClFNO5/c1-27-20(26)17-8-12-4-2-3-5-13(12)10-23(17)18(24)11-28-19(25)15-9-14(21)6-7-16(15)22/h2-7,9,17H,8,10-11H2,1H3/t17-/m0/s1. The molecule has 0 saturated heterocycles. The molecule has 1 aliphatic heterocycles. The number of rotatable bonds is 4.